The van der Waals surface area contributed by atoms with Crippen LogP contribution in [-0.2, 0) is 14.0 Å². The summed E-state index contributed by atoms with van der Waals surface area (Å²) in [5.41, 5.74) is 0. The number of carbonyl (C=O) groups is 1. The molecule has 0 bridgehead atoms. The smallest absolute Gasteiger partial charge is 0.305 e. The van der Waals surface area contributed by atoms with Gasteiger partial charge in [-0.3, -0.25) is 4.79 Å². The highest BCUT2D eigenvalue weighted by Crippen LogP contribution is 2.07. The molecule has 0 aromatic rings. The molecule has 0 N–H and O–H groups in total. The summed E-state index contributed by atoms with van der Waals surface area (Å²) in [7, 11) is 0.576. The van der Waals surface area contributed by atoms with E-state index in [1.807, 2.05) is 0 Å². The first kappa shape index (κ1) is 8.65. The minimum Gasteiger partial charge on any atom is -0.435 e. The molecule has 0 spiro atoms. The molecule has 0 heterocycles. The first-order valence-corrected chi connectivity index (χ1v) is 3.54. The van der Waals surface area contributed by atoms with Crippen molar-refractivity contribution >= 4 is 16.5 Å². The van der Waals surface area contributed by atoms with Gasteiger partial charge < -0.3 is 9.16 Å². The Morgan fingerprint density at radius 1 is 1.56 bits per heavy atom. The van der Waals surface area contributed by atoms with Crippen molar-refractivity contribution in [3.8, 4) is 0 Å². The molecule has 54 valence electrons. The number of hydrogen-bond donors (Lipinski definition) is 0. The highest BCUT2D eigenvalue weighted by Gasteiger charge is 2.17. The summed E-state index contributed by atoms with van der Waals surface area (Å²) in [5.74, 6) is -1.03. The van der Waals surface area contributed by atoms with Crippen molar-refractivity contribution in [2.75, 3.05) is 0 Å². The van der Waals surface area contributed by atoms with E-state index in [2.05, 4.69) is 0 Å². The minimum absolute atomic E-state index is 0.309. The molecule has 0 aromatic heterocycles. The fourth-order valence-electron chi connectivity index (χ4n) is 0.388. The largest absolute Gasteiger partial charge is 0.435 e. The molecule has 0 saturated carbocycles. The fourth-order valence-corrected chi connectivity index (χ4v) is 0.471. The van der Waals surface area contributed by atoms with Crippen LogP contribution in [0.1, 0.15) is 20.8 Å². The Balaban J connectivity index is 3.71. The lowest BCUT2D eigenvalue weighted by Crippen LogP contribution is -2.29. The van der Waals surface area contributed by atoms with E-state index in [1.54, 1.807) is 13.8 Å². The quantitative estimate of drug-likeness (QED) is 0.303. The van der Waals surface area contributed by atoms with Crippen LogP contribution < -0.4 is 0 Å². The molecule has 9 heavy (non-hydrogen) atoms. The SMILES string of the molecule is CC(=O)OC(C)(C)O[SiH3]. The summed E-state index contributed by atoms with van der Waals surface area (Å²) in [4.78, 5) is 10.3. The van der Waals surface area contributed by atoms with Crippen LogP contribution in [0.15, 0.2) is 0 Å². The Morgan fingerprint density at radius 3 is 2.11 bits per heavy atom. The van der Waals surface area contributed by atoms with Crippen molar-refractivity contribution < 1.29 is 14.0 Å². The summed E-state index contributed by atoms with van der Waals surface area (Å²) >= 11 is 0. The second kappa shape index (κ2) is 2.98. The van der Waals surface area contributed by atoms with Crippen LogP contribution in [0.25, 0.3) is 0 Å². The second-order valence-electron chi connectivity index (χ2n) is 2.20. The van der Waals surface area contributed by atoms with Crippen LogP contribution in [-0.4, -0.2) is 22.2 Å². The maximum Gasteiger partial charge on any atom is 0.305 e. The molecule has 4 heteroatoms. The Kier molecular flexibility index (Phi) is 2.86. The van der Waals surface area contributed by atoms with Gasteiger partial charge in [-0.25, -0.2) is 0 Å². The van der Waals surface area contributed by atoms with Gasteiger partial charge in [0.05, 0.1) is 0 Å². The molecule has 0 atom stereocenters. The van der Waals surface area contributed by atoms with Gasteiger partial charge in [0.1, 0.15) is 0 Å². The van der Waals surface area contributed by atoms with Crippen LogP contribution in [0.2, 0.25) is 0 Å². The van der Waals surface area contributed by atoms with E-state index in [-0.39, 0.29) is 5.97 Å². The third kappa shape index (κ3) is 4.17. The predicted octanol–water partition coefficient (Wildman–Crippen LogP) is -0.417. The van der Waals surface area contributed by atoms with E-state index in [0.29, 0.717) is 10.5 Å². The summed E-state index contributed by atoms with van der Waals surface area (Å²) in [6.45, 7) is 4.78. The lowest BCUT2D eigenvalue weighted by Gasteiger charge is -2.22. The number of hydrogen-bond acceptors (Lipinski definition) is 3. The van der Waals surface area contributed by atoms with Gasteiger partial charge in [0.2, 0.25) is 0 Å². The molecular formula is C5H12O3Si. The van der Waals surface area contributed by atoms with Crippen molar-refractivity contribution in [2.24, 2.45) is 0 Å². The average molecular weight is 148 g/mol. The highest BCUT2D eigenvalue weighted by atomic mass is 28.2. The van der Waals surface area contributed by atoms with E-state index in [1.165, 1.54) is 6.92 Å². The number of carbonyl (C=O) groups excluding carboxylic acids is 1. The van der Waals surface area contributed by atoms with E-state index in [9.17, 15) is 4.79 Å². The third-order valence-corrected chi connectivity index (χ3v) is 1.86. The normalized spacial score (nSPS) is 11.4. The summed E-state index contributed by atoms with van der Waals surface area (Å²) in [6.07, 6.45) is 0. The number of ether oxygens (including phenoxy) is 1. The van der Waals surface area contributed by atoms with Crippen LogP contribution in [0, 0.1) is 0 Å². The molecule has 0 amide bonds. The van der Waals surface area contributed by atoms with Crippen LogP contribution >= 0.6 is 0 Å². The topological polar surface area (TPSA) is 35.5 Å². The Hall–Kier alpha value is -0.353. The molecule has 0 aliphatic heterocycles. The lowest BCUT2D eigenvalue weighted by atomic mass is 10.4. The van der Waals surface area contributed by atoms with Crippen LogP contribution in [0.5, 0.6) is 0 Å². The van der Waals surface area contributed by atoms with Crippen molar-refractivity contribution in [1.29, 1.82) is 0 Å². The van der Waals surface area contributed by atoms with Crippen LogP contribution in [0.4, 0.5) is 0 Å². The van der Waals surface area contributed by atoms with Gasteiger partial charge in [0, 0.05) is 20.8 Å². The standard InChI is InChI=1S/C5H12O3Si/c1-4(6)7-5(2,3)8-9/h1-3,9H3. The van der Waals surface area contributed by atoms with E-state index < -0.39 is 5.79 Å². The number of esters is 1. The van der Waals surface area contributed by atoms with Gasteiger partial charge in [-0.05, 0) is 0 Å². The van der Waals surface area contributed by atoms with E-state index >= 15 is 0 Å². The van der Waals surface area contributed by atoms with Crippen LogP contribution in [0.3, 0.4) is 0 Å². The average Bonchev–Trinajstić information content (AvgIpc) is 1.63. The molecular weight excluding hydrogens is 136 g/mol. The predicted molar refractivity (Wildman–Crippen MR) is 36.9 cm³/mol. The number of rotatable bonds is 2. The molecule has 3 nitrogen and oxygen atoms in total. The zero-order chi connectivity index (χ0) is 7.49. The molecule has 0 radical (unpaired) electrons. The van der Waals surface area contributed by atoms with Gasteiger partial charge in [0.15, 0.2) is 16.3 Å². The van der Waals surface area contributed by atoms with E-state index in [4.69, 9.17) is 9.16 Å². The maximum atomic E-state index is 10.3. The van der Waals surface area contributed by atoms with E-state index in [0.717, 1.165) is 0 Å². The zero-order valence-corrected chi connectivity index (χ0v) is 8.22. The van der Waals surface area contributed by atoms with Gasteiger partial charge >= 0.3 is 5.97 Å². The van der Waals surface area contributed by atoms with Crippen molar-refractivity contribution in [3.63, 3.8) is 0 Å². The first-order valence-electron chi connectivity index (χ1n) is 2.72. The molecule has 0 saturated heterocycles. The lowest BCUT2D eigenvalue weighted by molar-refractivity contribution is -0.182. The minimum atomic E-state index is -0.724. The maximum absolute atomic E-state index is 10.3. The molecule has 0 rings (SSSR count). The van der Waals surface area contributed by atoms with Gasteiger partial charge in [-0.2, -0.15) is 0 Å². The Bertz CT molecular complexity index is 111. The molecule has 0 aliphatic carbocycles. The summed E-state index contributed by atoms with van der Waals surface area (Å²) in [6, 6.07) is 0. The van der Waals surface area contributed by atoms with Gasteiger partial charge in [-0.15, -0.1) is 0 Å². The van der Waals surface area contributed by atoms with Gasteiger partial charge in [-0.1, -0.05) is 0 Å². The van der Waals surface area contributed by atoms with Crippen molar-refractivity contribution in [1.82, 2.24) is 0 Å². The Morgan fingerprint density at radius 2 is 2.00 bits per heavy atom. The van der Waals surface area contributed by atoms with Gasteiger partial charge in [0.25, 0.3) is 0 Å². The molecule has 0 aliphatic rings. The second-order valence-corrected chi connectivity index (χ2v) is 2.61. The summed E-state index contributed by atoms with van der Waals surface area (Å²) in [5, 5.41) is 0. The molecule has 0 fully saturated rings. The fraction of sp³-hybridized carbons (Fsp3) is 0.800. The zero-order valence-electron chi connectivity index (χ0n) is 6.22. The van der Waals surface area contributed by atoms with Crippen molar-refractivity contribution in [2.45, 2.75) is 26.6 Å². The molecule has 0 unspecified atom stereocenters. The highest BCUT2D eigenvalue weighted by molar-refractivity contribution is 5.98. The third-order valence-electron chi connectivity index (χ3n) is 0.881. The van der Waals surface area contributed by atoms with Crippen molar-refractivity contribution in [3.05, 3.63) is 0 Å². The monoisotopic (exact) mass is 148 g/mol. The summed E-state index contributed by atoms with van der Waals surface area (Å²) < 4.78 is 9.70. The molecule has 0 aromatic carbocycles. The first-order chi connectivity index (χ1) is 3.98. The Labute approximate surface area is 57.9 Å².